The fraction of sp³-hybridized carbons (Fsp3) is 0.350. The molecular formula is C20H25N3O3S. The van der Waals surface area contributed by atoms with Crippen LogP contribution in [0, 0.1) is 0 Å². The first kappa shape index (κ1) is 19.5. The lowest BCUT2D eigenvalue weighted by Gasteiger charge is -2.28. The highest BCUT2D eigenvalue weighted by Crippen LogP contribution is 2.18. The Hall–Kier alpha value is -2.22. The van der Waals surface area contributed by atoms with E-state index >= 15 is 0 Å². The summed E-state index contributed by atoms with van der Waals surface area (Å²) in [7, 11) is -2.21. The minimum Gasteiger partial charge on any atom is -0.352 e. The summed E-state index contributed by atoms with van der Waals surface area (Å²) in [4.78, 5) is 14.8. The molecule has 3 rings (SSSR count). The molecule has 2 aromatic carbocycles. The van der Waals surface area contributed by atoms with Gasteiger partial charge in [0.05, 0.1) is 4.90 Å². The molecule has 0 saturated carbocycles. The normalized spacial score (nSPS) is 14.6. The minimum absolute atomic E-state index is 0.0876. The van der Waals surface area contributed by atoms with E-state index in [4.69, 9.17) is 0 Å². The van der Waals surface area contributed by atoms with Gasteiger partial charge in [0.2, 0.25) is 10.0 Å². The van der Waals surface area contributed by atoms with Gasteiger partial charge >= 0.3 is 0 Å². The van der Waals surface area contributed by atoms with Crippen LogP contribution in [0.15, 0.2) is 53.4 Å². The number of nitrogens with zero attached hydrogens (tertiary/aromatic N) is 1. The molecule has 144 valence electrons. The summed E-state index contributed by atoms with van der Waals surface area (Å²) in [5.74, 6) is -0.257. The summed E-state index contributed by atoms with van der Waals surface area (Å²) in [5, 5.41) is 2.87. The van der Waals surface area contributed by atoms with Crippen LogP contribution in [0.5, 0.6) is 0 Å². The van der Waals surface area contributed by atoms with E-state index in [0.29, 0.717) is 12.1 Å². The van der Waals surface area contributed by atoms with Crippen molar-refractivity contribution in [2.75, 3.05) is 26.7 Å². The largest absolute Gasteiger partial charge is 0.352 e. The number of fused-ring (bicyclic) bond motifs is 1. The Morgan fingerprint density at radius 2 is 1.89 bits per heavy atom. The van der Waals surface area contributed by atoms with E-state index < -0.39 is 10.0 Å². The smallest absolute Gasteiger partial charge is 0.251 e. The highest BCUT2D eigenvalue weighted by molar-refractivity contribution is 7.89. The lowest BCUT2D eigenvalue weighted by Crippen LogP contribution is -2.33. The van der Waals surface area contributed by atoms with Crippen LogP contribution < -0.4 is 10.0 Å². The third kappa shape index (κ3) is 4.94. The van der Waals surface area contributed by atoms with Gasteiger partial charge in [-0.2, -0.15) is 0 Å². The van der Waals surface area contributed by atoms with Gasteiger partial charge in [-0.3, -0.25) is 9.69 Å². The Balaban J connectivity index is 1.47. The molecule has 0 aromatic heterocycles. The van der Waals surface area contributed by atoms with Crippen LogP contribution in [-0.2, 0) is 23.0 Å². The van der Waals surface area contributed by atoms with E-state index in [2.05, 4.69) is 39.2 Å². The molecule has 0 spiro atoms. The molecule has 1 aliphatic heterocycles. The molecule has 0 bridgehead atoms. The molecular weight excluding hydrogens is 362 g/mol. The van der Waals surface area contributed by atoms with E-state index in [0.717, 1.165) is 32.5 Å². The molecule has 1 amide bonds. The van der Waals surface area contributed by atoms with E-state index in [-0.39, 0.29) is 10.8 Å². The van der Waals surface area contributed by atoms with Crippen molar-refractivity contribution in [2.24, 2.45) is 0 Å². The Labute approximate surface area is 160 Å². The first-order valence-electron chi connectivity index (χ1n) is 9.10. The zero-order valence-corrected chi connectivity index (χ0v) is 16.3. The van der Waals surface area contributed by atoms with E-state index in [1.807, 2.05) is 0 Å². The second kappa shape index (κ2) is 8.65. The van der Waals surface area contributed by atoms with Gasteiger partial charge in [-0.15, -0.1) is 0 Å². The van der Waals surface area contributed by atoms with Crippen LogP contribution in [-0.4, -0.2) is 45.9 Å². The van der Waals surface area contributed by atoms with Gasteiger partial charge in [-0.05, 0) is 49.2 Å². The molecule has 0 unspecified atom stereocenters. The van der Waals surface area contributed by atoms with E-state index in [9.17, 15) is 13.2 Å². The number of carbonyl (C=O) groups excluding carboxylic acids is 1. The number of hydrogen-bond acceptors (Lipinski definition) is 4. The number of benzene rings is 2. The average molecular weight is 388 g/mol. The molecule has 0 aliphatic carbocycles. The molecule has 0 atom stereocenters. The molecule has 27 heavy (non-hydrogen) atoms. The summed E-state index contributed by atoms with van der Waals surface area (Å²) < 4.78 is 26.0. The molecule has 1 heterocycles. The fourth-order valence-corrected chi connectivity index (χ4v) is 4.05. The van der Waals surface area contributed by atoms with Gasteiger partial charge in [0.15, 0.2) is 0 Å². The topological polar surface area (TPSA) is 78.5 Å². The average Bonchev–Trinajstić information content (AvgIpc) is 2.71. The Kier molecular flexibility index (Phi) is 6.26. The van der Waals surface area contributed by atoms with Crippen LogP contribution in [0.3, 0.4) is 0 Å². The molecule has 0 radical (unpaired) electrons. The lowest BCUT2D eigenvalue weighted by molar-refractivity contribution is 0.0951. The van der Waals surface area contributed by atoms with Crippen molar-refractivity contribution in [3.63, 3.8) is 0 Å². The zero-order valence-electron chi connectivity index (χ0n) is 15.4. The predicted molar refractivity (Wildman–Crippen MR) is 105 cm³/mol. The summed E-state index contributed by atoms with van der Waals surface area (Å²) in [6, 6.07) is 14.6. The van der Waals surface area contributed by atoms with Gasteiger partial charge in [0.25, 0.3) is 5.91 Å². The first-order valence-corrected chi connectivity index (χ1v) is 10.6. The van der Waals surface area contributed by atoms with Crippen molar-refractivity contribution in [1.82, 2.24) is 14.9 Å². The van der Waals surface area contributed by atoms with Crippen molar-refractivity contribution in [3.8, 4) is 0 Å². The summed E-state index contributed by atoms with van der Waals surface area (Å²) in [6.45, 7) is 3.46. The van der Waals surface area contributed by atoms with Crippen LogP contribution in [0.4, 0.5) is 0 Å². The van der Waals surface area contributed by atoms with Gasteiger partial charge in [0.1, 0.15) is 0 Å². The number of sulfonamides is 1. The van der Waals surface area contributed by atoms with Gasteiger partial charge in [-0.25, -0.2) is 13.1 Å². The van der Waals surface area contributed by atoms with Crippen molar-refractivity contribution >= 4 is 15.9 Å². The minimum atomic E-state index is -3.55. The molecule has 2 N–H and O–H groups in total. The third-order valence-corrected chi connectivity index (χ3v) is 6.23. The van der Waals surface area contributed by atoms with E-state index in [1.54, 1.807) is 12.1 Å². The molecule has 0 saturated heterocycles. The number of rotatable bonds is 7. The Morgan fingerprint density at radius 1 is 1.11 bits per heavy atom. The Bertz CT molecular complexity index is 912. The number of carbonyl (C=O) groups is 1. The fourth-order valence-electron chi connectivity index (χ4n) is 3.27. The second-order valence-corrected chi connectivity index (χ2v) is 8.53. The van der Waals surface area contributed by atoms with Gasteiger partial charge < -0.3 is 5.32 Å². The SMILES string of the molecule is CNS(=O)(=O)c1cccc(C(=O)NCCCN2CCc3ccccc3C2)c1. The van der Waals surface area contributed by atoms with Gasteiger partial charge in [-0.1, -0.05) is 30.3 Å². The van der Waals surface area contributed by atoms with Crippen molar-refractivity contribution in [3.05, 3.63) is 65.2 Å². The van der Waals surface area contributed by atoms with Crippen molar-refractivity contribution in [2.45, 2.75) is 24.3 Å². The highest BCUT2D eigenvalue weighted by Gasteiger charge is 2.16. The summed E-state index contributed by atoms with van der Waals surface area (Å²) >= 11 is 0. The molecule has 0 fully saturated rings. The van der Waals surface area contributed by atoms with Crippen LogP contribution in [0.1, 0.15) is 27.9 Å². The monoisotopic (exact) mass is 387 g/mol. The van der Waals surface area contributed by atoms with E-state index in [1.165, 1.54) is 30.3 Å². The van der Waals surface area contributed by atoms with Crippen LogP contribution in [0.2, 0.25) is 0 Å². The summed E-state index contributed by atoms with van der Waals surface area (Å²) in [5.41, 5.74) is 3.16. The first-order chi connectivity index (χ1) is 13.0. The van der Waals surface area contributed by atoms with Crippen LogP contribution >= 0.6 is 0 Å². The quantitative estimate of drug-likeness (QED) is 0.710. The standard InChI is InChI=1S/C20H25N3O3S/c1-21-27(25,26)19-9-4-8-17(14-19)20(24)22-11-5-12-23-13-10-16-6-2-3-7-18(16)15-23/h2-4,6-9,14,21H,5,10-13,15H2,1H3,(H,22,24). The summed E-state index contributed by atoms with van der Waals surface area (Å²) in [6.07, 6.45) is 1.91. The van der Waals surface area contributed by atoms with Gasteiger partial charge in [0, 0.05) is 31.7 Å². The number of nitrogens with one attached hydrogen (secondary N) is 2. The molecule has 7 heteroatoms. The third-order valence-electron chi connectivity index (χ3n) is 4.82. The van der Waals surface area contributed by atoms with Crippen LogP contribution in [0.25, 0.3) is 0 Å². The Morgan fingerprint density at radius 3 is 2.67 bits per heavy atom. The number of amides is 1. The molecule has 6 nitrogen and oxygen atoms in total. The zero-order chi connectivity index (χ0) is 19.3. The maximum absolute atomic E-state index is 12.3. The highest BCUT2D eigenvalue weighted by atomic mass is 32.2. The van der Waals surface area contributed by atoms with Crippen molar-refractivity contribution in [1.29, 1.82) is 0 Å². The second-order valence-electron chi connectivity index (χ2n) is 6.64. The molecule has 2 aromatic rings. The maximum Gasteiger partial charge on any atom is 0.251 e. The van der Waals surface area contributed by atoms with Crippen molar-refractivity contribution < 1.29 is 13.2 Å². The number of hydrogen-bond donors (Lipinski definition) is 2. The predicted octanol–water partition coefficient (Wildman–Crippen LogP) is 1.77. The maximum atomic E-state index is 12.3. The lowest BCUT2D eigenvalue weighted by atomic mass is 10.00. The molecule has 1 aliphatic rings.